The number of carbonyl (C=O) groups excluding carboxylic acids is 2. The zero-order chi connectivity index (χ0) is 28.2. The van der Waals surface area contributed by atoms with Crippen molar-refractivity contribution < 1.29 is 9.59 Å². The van der Waals surface area contributed by atoms with Crippen molar-refractivity contribution in [1.29, 1.82) is 0 Å². The fourth-order valence-corrected chi connectivity index (χ4v) is 4.48. The third-order valence-corrected chi connectivity index (χ3v) is 6.86. The van der Waals surface area contributed by atoms with Crippen LogP contribution in [-0.4, -0.2) is 41.0 Å². The highest BCUT2D eigenvalue weighted by Gasteiger charge is 2.13. The van der Waals surface area contributed by atoms with Crippen molar-refractivity contribution in [2.75, 3.05) is 25.4 Å². The molecule has 0 bridgehead atoms. The van der Waals surface area contributed by atoms with Gasteiger partial charge in [-0.1, -0.05) is 60.7 Å². The van der Waals surface area contributed by atoms with Gasteiger partial charge in [-0.15, -0.1) is 0 Å². The van der Waals surface area contributed by atoms with Gasteiger partial charge in [0.05, 0.1) is 0 Å². The van der Waals surface area contributed by atoms with E-state index in [2.05, 4.69) is 53.1 Å². The molecular formula is C34H41N3O2. The molecule has 5 nitrogen and oxygen atoms in total. The minimum atomic E-state index is 0.0752. The van der Waals surface area contributed by atoms with E-state index < -0.39 is 0 Å². The quantitative estimate of drug-likeness (QED) is 0.145. The molecular weight excluding hydrogens is 482 g/mol. The normalized spacial score (nSPS) is 11.8. The summed E-state index contributed by atoms with van der Waals surface area (Å²) in [5.41, 5.74) is 12.8. The average Bonchev–Trinajstić information content (AvgIpc) is 2.93. The fraction of sp³-hybridized carbons (Fsp3) is 0.294. The van der Waals surface area contributed by atoms with Crippen molar-refractivity contribution in [3.8, 4) is 0 Å². The maximum atomic E-state index is 12.0. The molecule has 2 N–H and O–H groups in total. The zero-order valence-electron chi connectivity index (χ0n) is 23.7. The number of hydrogen-bond acceptors (Lipinski definition) is 5. The number of ketones is 2. The van der Waals surface area contributed by atoms with Crippen molar-refractivity contribution in [3.05, 3.63) is 125 Å². The summed E-state index contributed by atoms with van der Waals surface area (Å²) < 4.78 is 0. The fourth-order valence-electron chi connectivity index (χ4n) is 4.48. The Kier molecular flexibility index (Phi) is 11.3. The van der Waals surface area contributed by atoms with Gasteiger partial charge in [0.15, 0.2) is 11.6 Å². The van der Waals surface area contributed by atoms with E-state index in [0.29, 0.717) is 6.54 Å². The smallest absolute Gasteiger partial charge is 0.159 e. The van der Waals surface area contributed by atoms with Gasteiger partial charge in [0.25, 0.3) is 0 Å². The average molecular weight is 524 g/mol. The highest BCUT2D eigenvalue weighted by atomic mass is 16.1. The summed E-state index contributed by atoms with van der Waals surface area (Å²) in [5.74, 6) is 0.153. The topological polar surface area (TPSA) is 66.6 Å². The Bertz CT molecular complexity index is 1310. The highest BCUT2D eigenvalue weighted by Crippen LogP contribution is 2.16. The van der Waals surface area contributed by atoms with Crippen LogP contribution < -0.4 is 5.73 Å². The molecule has 5 heteroatoms. The lowest BCUT2D eigenvalue weighted by molar-refractivity contribution is 0.100. The molecule has 0 saturated heterocycles. The summed E-state index contributed by atoms with van der Waals surface area (Å²) in [7, 11) is 0. The first-order chi connectivity index (χ1) is 18.7. The molecule has 0 aliphatic carbocycles. The molecule has 39 heavy (non-hydrogen) atoms. The second-order valence-corrected chi connectivity index (χ2v) is 10.0. The van der Waals surface area contributed by atoms with Crippen LogP contribution in [0.5, 0.6) is 0 Å². The van der Waals surface area contributed by atoms with Crippen LogP contribution >= 0.6 is 0 Å². The van der Waals surface area contributed by atoms with E-state index in [-0.39, 0.29) is 11.6 Å². The van der Waals surface area contributed by atoms with Crippen LogP contribution in [0.4, 0.5) is 5.69 Å². The van der Waals surface area contributed by atoms with E-state index in [9.17, 15) is 9.59 Å². The Hall–Kier alpha value is -3.96. The van der Waals surface area contributed by atoms with E-state index in [4.69, 9.17) is 5.73 Å². The summed E-state index contributed by atoms with van der Waals surface area (Å²) in [6, 6.07) is 23.9. The van der Waals surface area contributed by atoms with Gasteiger partial charge in [0.2, 0.25) is 0 Å². The van der Waals surface area contributed by atoms with Crippen molar-refractivity contribution in [3.63, 3.8) is 0 Å². The number of allylic oxidation sites excluding steroid dienone is 4. The lowest BCUT2D eigenvalue weighted by atomic mass is 10.1. The molecule has 0 saturated carbocycles. The van der Waals surface area contributed by atoms with Gasteiger partial charge in [-0.05, 0) is 81.1 Å². The monoisotopic (exact) mass is 523 g/mol. The third-order valence-electron chi connectivity index (χ3n) is 6.86. The van der Waals surface area contributed by atoms with E-state index in [1.165, 1.54) is 11.3 Å². The maximum absolute atomic E-state index is 12.0. The predicted molar refractivity (Wildman–Crippen MR) is 162 cm³/mol. The zero-order valence-corrected chi connectivity index (χ0v) is 23.7. The van der Waals surface area contributed by atoms with Crippen molar-refractivity contribution in [1.82, 2.24) is 9.80 Å². The first kappa shape index (κ1) is 29.6. The molecule has 0 aliphatic rings. The highest BCUT2D eigenvalue weighted by molar-refractivity contribution is 5.94. The molecule has 3 aromatic rings. The van der Waals surface area contributed by atoms with Crippen molar-refractivity contribution >= 4 is 17.3 Å². The molecule has 0 aromatic heterocycles. The Morgan fingerprint density at radius 1 is 0.744 bits per heavy atom. The van der Waals surface area contributed by atoms with Crippen molar-refractivity contribution in [2.45, 2.75) is 47.2 Å². The number of carbonyl (C=O) groups is 2. The van der Waals surface area contributed by atoms with Gasteiger partial charge >= 0.3 is 0 Å². The van der Waals surface area contributed by atoms with E-state index in [1.54, 1.807) is 13.8 Å². The second kappa shape index (κ2) is 14.8. The lowest BCUT2D eigenvalue weighted by Crippen LogP contribution is -2.35. The molecule has 3 aromatic carbocycles. The van der Waals surface area contributed by atoms with Gasteiger partial charge in [0, 0.05) is 55.2 Å². The summed E-state index contributed by atoms with van der Waals surface area (Å²) >= 11 is 0. The number of benzene rings is 3. The molecule has 0 aliphatic heterocycles. The van der Waals surface area contributed by atoms with Crippen molar-refractivity contribution in [2.24, 2.45) is 0 Å². The van der Waals surface area contributed by atoms with Crippen LogP contribution in [0.25, 0.3) is 0 Å². The predicted octanol–water partition coefficient (Wildman–Crippen LogP) is 6.70. The molecule has 0 unspecified atom stereocenters. The lowest BCUT2D eigenvalue weighted by Gasteiger charge is -2.30. The van der Waals surface area contributed by atoms with Gasteiger partial charge in [-0.2, -0.15) is 0 Å². The minimum Gasteiger partial charge on any atom is -0.399 e. The Labute approximate surface area is 233 Å². The number of nitrogens with zero attached hydrogens (tertiary/aromatic N) is 2. The van der Waals surface area contributed by atoms with Crippen LogP contribution in [0.1, 0.15) is 65.1 Å². The molecule has 3 rings (SSSR count). The Morgan fingerprint density at radius 2 is 1.33 bits per heavy atom. The number of nitrogen functional groups attached to an aromatic ring is 1. The molecule has 0 fully saturated rings. The first-order valence-corrected chi connectivity index (χ1v) is 13.6. The van der Waals surface area contributed by atoms with Crippen LogP contribution in [0.2, 0.25) is 0 Å². The van der Waals surface area contributed by atoms with Gasteiger partial charge in [-0.25, -0.2) is 0 Å². The molecule has 0 amide bonds. The second-order valence-electron chi connectivity index (χ2n) is 10.0. The molecule has 0 spiro atoms. The van der Waals surface area contributed by atoms with Crippen LogP contribution in [0.15, 0.2) is 96.7 Å². The number of nitrogens with two attached hydrogens (primary N) is 1. The largest absolute Gasteiger partial charge is 0.399 e. The Balaban J connectivity index is 1.81. The number of hydrogen-bond donors (Lipinski definition) is 1. The molecule has 0 atom stereocenters. The number of anilines is 1. The summed E-state index contributed by atoms with van der Waals surface area (Å²) in [4.78, 5) is 28.7. The number of Topliss-reactive ketones (excluding diaryl/α,β-unsaturated/α-hetero) is 2. The molecule has 0 heterocycles. The standard InChI is InChI=1S/C34H41N3O2/c1-5-6-9-26(2)37(25-31-11-8-13-33(23-31)28(4)39)21-20-36(19-18-29-14-16-34(35)17-15-29)24-30-10-7-12-32(22-30)27(3)38/h5-17,22-23H,18-21,24-25,35H2,1-4H3/b6-5-,26-9-. The van der Waals surface area contributed by atoms with Gasteiger partial charge in [-0.3, -0.25) is 14.5 Å². The first-order valence-electron chi connectivity index (χ1n) is 13.6. The number of rotatable bonds is 14. The van der Waals surface area contributed by atoms with E-state index >= 15 is 0 Å². The van der Waals surface area contributed by atoms with Gasteiger partial charge in [0.1, 0.15) is 0 Å². The Morgan fingerprint density at radius 3 is 1.90 bits per heavy atom. The minimum absolute atomic E-state index is 0.0752. The third kappa shape index (κ3) is 9.69. The van der Waals surface area contributed by atoms with E-state index in [0.717, 1.165) is 60.5 Å². The summed E-state index contributed by atoms with van der Waals surface area (Å²) in [6.45, 7) is 11.4. The SMILES string of the molecule is C/C=C\C=C(\C)N(CCN(CCc1ccc(N)cc1)Cc1cccc(C(C)=O)c1)Cc1cccc(C(C)=O)c1. The van der Waals surface area contributed by atoms with E-state index in [1.807, 2.05) is 61.5 Å². The van der Waals surface area contributed by atoms with Crippen LogP contribution in [0.3, 0.4) is 0 Å². The maximum Gasteiger partial charge on any atom is 0.159 e. The van der Waals surface area contributed by atoms with Crippen LogP contribution in [-0.2, 0) is 19.5 Å². The summed E-state index contributed by atoms with van der Waals surface area (Å²) in [6.07, 6.45) is 7.12. The molecule has 204 valence electrons. The summed E-state index contributed by atoms with van der Waals surface area (Å²) in [5, 5.41) is 0. The molecule has 0 radical (unpaired) electrons. The van der Waals surface area contributed by atoms with Gasteiger partial charge < -0.3 is 10.6 Å². The van der Waals surface area contributed by atoms with Crippen LogP contribution in [0, 0.1) is 0 Å².